The lowest BCUT2D eigenvalue weighted by Crippen LogP contribution is -2.12. The maximum Gasteiger partial charge on any atom is 0.255 e. The summed E-state index contributed by atoms with van der Waals surface area (Å²) in [6.45, 7) is 1.69. The zero-order valence-electron chi connectivity index (χ0n) is 12.8. The van der Waals surface area contributed by atoms with Gasteiger partial charge in [0.1, 0.15) is 11.5 Å². The van der Waals surface area contributed by atoms with Gasteiger partial charge in [-0.05, 0) is 36.8 Å². The average Bonchev–Trinajstić information content (AvgIpc) is 2.54. The second kappa shape index (κ2) is 6.95. The first-order chi connectivity index (χ1) is 10.5. The molecule has 0 aliphatic heterocycles. The van der Waals surface area contributed by atoms with Crippen molar-refractivity contribution in [1.82, 2.24) is 0 Å². The van der Waals surface area contributed by atoms with Crippen LogP contribution in [-0.2, 0) is 0 Å². The molecule has 0 aliphatic carbocycles. The highest BCUT2D eigenvalue weighted by Crippen LogP contribution is 2.23. The number of amides is 1. The fourth-order valence-corrected chi connectivity index (χ4v) is 1.99. The number of anilines is 1. The van der Waals surface area contributed by atoms with E-state index in [9.17, 15) is 9.90 Å². The van der Waals surface area contributed by atoms with Crippen molar-refractivity contribution in [3.05, 3.63) is 53.6 Å². The van der Waals surface area contributed by atoms with Gasteiger partial charge < -0.3 is 19.9 Å². The Bertz CT molecular complexity index is 628. The molecule has 2 aromatic carbocycles. The Kier molecular flexibility index (Phi) is 5.01. The van der Waals surface area contributed by atoms with Crippen LogP contribution < -0.4 is 14.8 Å². The third kappa shape index (κ3) is 3.77. The number of benzene rings is 2. The highest BCUT2D eigenvalue weighted by Gasteiger charge is 2.10. The molecular weight excluding hydrogens is 282 g/mol. The Morgan fingerprint density at radius 3 is 2.05 bits per heavy atom. The van der Waals surface area contributed by atoms with Gasteiger partial charge in [0, 0.05) is 17.3 Å². The fourth-order valence-electron chi connectivity index (χ4n) is 1.99. The number of rotatable bonds is 5. The molecule has 5 nitrogen and oxygen atoms in total. The molecule has 0 saturated carbocycles. The summed E-state index contributed by atoms with van der Waals surface area (Å²) in [5, 5.41) is 12.3. The van der Waals surface area contributed by atoms with E-state index in [1.807, 2.05) is 0 Å². The lowest BCUT2D eigenvalue weighted by Gasteiger charge is -2.10. The van der Waals surface area contributed by atoms with Crippen molar-refractivity contribution in [2.75, 3.05) is 19.5 Å². The van der Waals surface area contributed by atoms with E-state index < -0.39 is 6.10 Å². The first-order valence-electron chi connectivity index (χ1n) is 6.86. The van der Waals surface area contributed by atoms with Gasteiger partial charge in [0.25, 0.3) is 5.91 Å². The summed E-state index contributed by atoms with van der Waals surface area (Å²) in [4.78, 5) is 12.3. The predicted molar refractivity (Wildman–Crippen MR) is 84.6 cm³/mol. The third-order valence-corrected chi connectivity index (χ3v) is 3.26. The van der Waals surface area contributed by atoms with Gasteiger partial charge in [-0.25, -0.2) is 0 Å². The summed E-state index contributed by atoms with van der Waals surface area (Å²) < 4.78 is 10.3. The maximum atomic E-state index is 12.3. The minimum atomic E-state index is -0.535. The Morgan fingerprint density at radius 1 is 1.05 bits per heavy atom. The molecule has 2 rings (SSSR count). The number of hydrogen-bond acceptors (Lipinski definition) is 4. The molecule has 22 heavy (non-hydrogen) atoms. The van der Waals surface area contributed by atoms with Crippen LogP contribution in [0.5, 0.6) is 11.5 Å². The van der Waals surface area contributed by atoms with Gasteiger partial charge in [0.05, 0.1) is 20.3 Å². The van der Waals surface area contributed by atoms with Gasteiger partial charge in [0.15, 0.2) is 0 Å². The largest absolute Gasteiger partial charge is 0.497 e. The summed E-state index contributed by atoms with van der Waals surface area (Å²) in [6.07, 6.45) is -0.535. The molecular formula is C17H19NO4. The van der Waals surface area contributed by atoms with E-state index in [4.69, 9.17) is 9.47 Å². The van der Waals surface area contributed by atoms with Gasteiger partial charge in [-0.2, -0.15) is 0 Å². The minimum Gasteiger partial charge on any atom is -0.497 e. The molecule has 0 bridgehead atoms. The van der Waals surface area contributed by atoms with Gasteiger partial charge in [-0.1, -0.05) is 12.1 Å². The van der Waals surface area contributed by atoms with Crippen LogP contribution in [0, 0.1) is 0 Å². The number of ether oxygens (including phenoxy) is 2. The lowest BCUT2D eigenvalue weighted by atomic mass is 10.1. The Hall–Kier alpha value is -2.53. The van der Waals surface area contributed by atoms with E-state index in [0.29, 0.717) is 22.7 Å². The summed E-state index contributed by atoms with van der Waals surface area (Å²) >= 11 is 0. The fraction of sp³-hybridized carbons (Fsp3) is 0.235. The van der Waals surface area contributed by atoms with Crippen molar-refractivity contribution in [3.63, 3.8) is 0 Å². The van der Waals surface area contributed by atoms with Crippen molar-refractivity contribution >= 4 is 11.6 Å². The molecule has 1 amide bonds. The van der Waals surface area contributed by atoms with E-state index in [1.165, 1.54) is 14.2 Å². The molecule has 2 aromatic rings. The standard InChI is InChI=1S/C17H19NO4/c1-11(19)12-4-6-14(7-5-12)18-17(20)13-8-15(21-2)10-16(9-13)22-3/h4-11,19H,1-3H3,(H,18,20). The molecule has 5 heteroatoms. The van der Waals surface area contributed by atoms with Crippen LogP contribution in [0.15, 0.2) is 42.5 Å². The van der Waals surface area contributed by atoms with E-state index in [0.717, 1.165) is 5.56 Å². The molecule has 0 heterocycles. The average molecular weight is 301 g/mol. The van der Waals surface area contributed by atoms with Crippen LogP contribution in [0.3, 0.4) is 0 Å². The monoisotopic (exact) mass is 301 g/mol. The van der Waals surface area contributed by atoms with Crippen LogP contribution in [-0.4, -0.2) is 25.2 Å². The summed E-state index contributed by atoms with van der Waals surface area (Å²) in [6, 6.07) is 12.0. The van der Waals surface area contributed by atoms with Gasteiger partial charge in [-0.3, -0.25) is 4.79 Å². The van der Waals surface area contributed by atoms with Crippen molar-refractivity contribution in [3.8, 4) is 11.5 Å². The number of hydrogen-bond donors (Lipinski definition) is 2. The highest BCUT2D eigenvalue weighted by atomic mass is 16.5. The molecule has 0 radical (unpaired) electrons. The van der Waals surface area contributed by atoms with Crippen LogP contribution in [0.4, 0.5) is 5.69 Å². The second-order valence-corrected chi connectivity index (χ2v) is 4.85. The normalized spacial score (nSPS) is 11.6. The number of aliphatic hydroxyl groups is 1. The molecule has 0 fully saturated rings. The van der Waals surface area contributed by atoms with Crippen molar-refractivity contribution in [2.45, 2.75) is 13.0 Å². The van der Waals surface area contributed by atoms with Crippen LogP contribution in [0.2, 0.25) is 0 Å². The summed E-state index contributed by atoms with van der Waals surface area (Å²) in [5.74, 6) is 0.838. The zero-order valence-corrected chi connectivity index (χ0v) is 12.8. The number of carbonyl (C=O) groups excluding carboxylic acids is 1. The highest BCUT2D eigenvalue weighted by molar-refractivity contribution is 6.04. The van der Waals surface area contributed by atoms with Crippen molar-refractivity contribution in [1.29, 1.82) is 0 Å². The molecule has 2 N–H and O–H groups in total. The summed E-state index contributed by atoms with van der Waals surface area (Å²) in [5.41, 5.74) is 1.88. The van der Waals surface area contributed by atoms with Crippen LogP contribution in [0.25, 0.3) is 0 Å². The summed E-state index contributed by atoms with van der Waals surface area (Å²) in [7, 11) is 3.07. The molecule has 0 saturated heterocycles. The Morgan fingerprint density at radius 2 is 1.59 bits per heavy atom. The number of methoxy groups -OCH3 is 2. The number of aliphatic hydroxyl groups excluding tert-OH is 1. The van der Waals surface area contributed by atoms with Crippen molar-refractivity contribution < 1.29 is 19.4 Å². The second-order valence-electron chi connectivity index (χ2n) is 4.85. The number of carbonyl (C=O) groups is 1. The third-order valence-electron chi connectivity index (χ3n) is 3.26. The van der Waals surface area contributed by atoms with Crippen LogP contribution in [0.1, 0.15) is 28.9 Å². The van der Waals surface area contributed by atoms with Gasteiger partial charge in [0.2, 0.25) is 0 Å². The van der Waals surface area contributed by atoms with Crippen molar-refractivity contribution in [2.24, 2.45) is 0 Å². The predicted octanol–water partition coefficient (Wildman–Crippen LogP) is 3.01. The quantitative estimate of drug-likeness (QED) is 0.891. The maximum absolute atomic E-state index is 12.3. The molecule has 1 unspecified atom stereocenters. The first-order valence-corrected chi connectivity index (χ1v) is 6.86. The number of nitrogens with one attached hydrogen (secondary N) is 1. The Balaban J connectivity index is 2.18. The van der Waals surface area contributed by atoms with Gasteiger partial charge >= 0.3 is 0 Å². The Labute approximate surface area is 129 Å². The lowest BCUT2D eigenvalue weighted by molar-refractivity contribution is 0.102. The van der Waals surface area contributed by atoms with Gasteiger partial charge in [-0.15, -0.1) is 0 Å². The van der Waals surface area contributed by atoms with Crippen LogP contribution >= 0.6 is 0 Å². The minimum absolute atomic E-state index is 0.262. The molecule has 1 atom stereocenters. The SMILES string of the molecule is COc1cc(OC)cc(C(=O)Nc2ccc(C(C)O)cc2)c1. The smallest absolute Gasteiger partial charge is 0.255 e. The first kappa shape index (κ1) is 15.9. The van der Waals surface area contributed by atoms with E-state index in [2.05, 4.69) is 5.32 Å². The van der Waals surface area contributed by atoms with E-state index in [-0.39, 0.29) is 5.91 Å². The molecule has 0 aromatic heterocycles. The molecule has 0 aliphatic rings. The van der Waals surface area contributed by atoms with E-state index >= 15 is 0 Å². The zero-order chi connectivity index (χ0) is 16.1. The molecule has 116 valence electrons. The van der Waals surface area contributed by atoms with E-state index in [1.54, 1.807) is 49.4 Å². The topological polar surface area (TPSA) is 67.8 Å². The molecule has 0 spiro atoms.